The van der Waals surface area contributed by atoms with Crippen molar-refractivity contribution in [2.24, 2.45) is 0 Å². The van der Waals surface area contributed by atoms with Gasteiger partial charge in [0, 0.05) is 19.2 Å². The smallest absolute Gasteiger partial charge is 0.229 e. The normalized spacial score (nSPS) is 11.5. The number of hydrogen-bond donors (Lipinski definition) is 2. The first-order chi connectivity index (χ1) is 14.5. The van der Waals surface area contributed by atoms with Crippen molar-refractivity contribution in [1.29, 1.82) is 0 Å². The largest absolute Gasteiger partial charge is 0.321 e. The van der Waals surface area contributed by atoms with Crippen LogP contribution in [0.15, 0.2) is 41.3 Å². The van der Waals surface area contributed by atoms with Crippen LogP contribution in [0.5, 0.6) is 0 Å². The van der Waals surface area contributed by atoms with Gasteiger partial charge in [0.2, 0.25) is 5.95 Å². The number of anilines is 2. The van der Waals surface area contributed by atoms with Crippen LogP contribution < -0.4 is 5.32 Å². The molecule has 30 heavy (non-hydrogen) atoms. The molecule has 2 N–H and O–H groups in total. The molecule has 0 aliphatic rings. The summed E-state index contributed by atoms with van der Waals surface area (Å²) in [6.45, 7) is 1.82. The zero-order valence-electron chi connectivity index (χ0n) is 16.7. The number of aryl methyl sites for hydroxylation is 1. The Morgan fingerprint density at radius 1 is 1.23 bits per heavy atom. The number of nitrogens with zero attached hydrogens (tertiary/aromatic N) is 6. The van der Waals surface area contributed by atoms with Crippen molar-refractivity contribution in [3.8, 4) is 0 Å². The van der Waals surface area contributed by atoms with Crippen LogP contribution in [0.4, 0.5) is 16.0 Å². The molecule has 156 valence electrons. The van der Waals surface area contributed by atoms with E-state index in [1.165, 1.54) is 0 Å². The van der Waals surface area contributed by atoms with Crippen LogP contribution in [0, 0.1) is 5.82 Å². The number of halogens is 2. The summed E-state index contributed by atoms with van der Waals surface area (Å²) in [5, 5.41) is 15.3. The number of benzene rings is 1. The molecule has 4 aromatic rings. The van der Waals surface area contributed by atoms with Gasteiger partial charge in [0.1, 0.15) is 5.82 Å². The van der Waals surface area contributed by atoms with E-state index in [-0.39, 0.29) is 5.82 Å². The Labute approximate surface area is 181 Å². The minimum Gasteiger partial charge on any atom is -0.321 e. The summed E-state index contributed by atoms with van der Waals surface area (Å²) in [6, 6.07) is 5.23. The van der Waals surface area contributed by atoms with E-state index in [1.807, 2.05) is 10.9 Å². The Hall–Kier alpha value is -2.85. The topological polar surface area (TPSA) is 87.5 Å². The van der Waals surface area contributed by atoms with Crippen LogP contribution in [-0.2, 0) is 13.0 Å². The van der Waals surface area contributed by atoms with Crippen molar-refractivity contribution >= 4 is 38.6 Å². The number of H-pyrrole nitrogens is 1. The lowest BCUT2D eigenvalue weighted by Gasteiger charge is -2.09. The molecule has 0 aliphatic carbocycles. The molecule has 0 bridgehead atoms. The van der Waals surface area contributed by atoms with Crippen LogP contribution in [0.2, 0.25) is 0 Å². The maximum absolute atomic E-state index is 14.5. The summed E-state index contributed by atoms with van der Waals surface area (Å²) < 4.78 is 16.8. The molecule has 3 heterocycles. The van der Waals surface area contributed by atoms with Gasteiger partial charge in [-0.2, -0.15) is 15.2 Å². The average Bonchev–Trinajstić information content (AvgIpc) is 3.35. The fraction of sp³-hybridized carbons (Fsp3) is 0.300. The Balaban J connectivity index is 1.55. The summed E-state index contributed by atoms with van der Waals surface area (Å²) >= 11 is 3.24. The van der Waals surface area contributed by atoms with E-state index in [1.54, 1.807) is 30.6 Å². The van der Waals surface area contributed by atoms with Gasteiger partial charge in [-0.3, -0.25) is 9.78 Å². The van der Waals surface area contributed by atoms with Crippen molar-refractivity contribution in [2.45, 2.75) is 19.4 Å². The summed E-state index contributed by atoms with van der Waals surface area (Å²) in [6.07, 6.45) is 6.65. The van der Waals surface area contributed by atoms with Gasteiger partial charge in [0.05, 0.1) is 33.6 Å². The fourth-order valence-corrected chi connectivity index (χ4v) is 3.59. The third kappa shape index (κ3) is 4.65. The predicted octanol–water partition coefficient (Wildman–Crippen LogP) is 3.74. The fourth-order valence-electron chi connectivity index (χ4n) is 3.18. The second-order valence-electron chi connectivity index (χ2n) is 7.29. The number of hydrogen-bond acceptors (Lipinski definition) is 6. The second kappa shape index (κ2) is 8.88. The van der Waals surface area contributed by atoms with Gasteiger partial charge in [-0.1, -0.05) is 12.1 Å². The van der Waals surface area contributed by atoms with E-state index in [4.69, 9.17) is 0 Å². The van der Waals surface area contributed by atoms with Gasteiger partial charge in [0.15, 0.2) is 5.65 Å². The lowest BCUT2D eigenvalue weighted by molar-refractivity contribution is 0.380. The van der Waals surface area contributed by atoms with E-state index in [0.29, 0.717) is 33.7 Å². The molecule has 0 saturated carbocycles. The Bertz CT molecular complexity index is 1150. The third-order valence-corrected chi connectivity index (χ3v) is 5.27. The highest BCUT2D eigenvalue weighted by Gasteiger charge is 2.14. The average molecular weight is 473 g/mol. The standard InChI is InChI=1S/C20H22BrFN8/c1-29(2)7-4-8-30-12-14(10-24-30)25-20-26-17(15-11-23-28-19(15)27-20)9-13-5-3-6-16(21)18(13)22/h3,5-6,10-12H,4,7-9H2,1-2H3,(H2,23,25,26,27,28). The maximum atomic E-state index is 14.5. The van der Waals surface area contributed by atoms with Crippen molar-refractivity contribution in [1.82, 2.24) is 34.8 Å². The third-order valence-electron chi connectivity index (χ3n) is 4.66. The van der Waals surface area contributed by atoms with Crippen LogP contribution >= 0.6 is 15.9 Å². The first-order valence-corrected chi connectivity index (χ1v) is 10.4. The van der Waals surface area contributed by atoms with Crippen molar-refractivity contribution in [3.63, 3.8) is 0 Å². The summed E-state index contributed by atoms with van der Waals surface area (Å²) in [4.78, 5) is 11.2. The van der Waals surface area contributed by atoms with Crippen LogP contribution in [-0.4, -0.2) is 55.5 Å². The highest BCUT2D eigenvalue weighted by Crippen LogP contribution is 2.24. The zero-order chi connectivity index (χ0) is 21.1. The molecule has 0 unspecified atom stereocenters. The van der Waals surface area contributed by atoms with E-state index < -0.39 is 0 Å². The SMILES string of the molecule is CN(C)CCCn1cc(Nc2nc(Cc3cccc(Br)c3F)c3cn[nH]c3n2)cn1. The molecular weight excluding hydrogens is 451 g/mol. The van der Waals surface area contributed by atoms with Crippen molar-refractivity contribution in [3.05, 3.63) is 58.3 Å². The number of aromatic nitrogens is 6. The van der Waals surface area contributed by atoms with Gasteiger partial charge in [-0.05, 0) is 54.6 Å². The molecule has 8 nitrogen and oxygen atoms in total. The van der Waals surface area contributed by atoms with Gasteiger partial charge >= 0.3 is 0 Å². The van der Waals surface area contributed by atoms with Crippen molar-refractivity contribution < 1.29 is 4.39 Å². The van der Waals surface area contributed by atoms with Crippen LogP contribution in [0.1, 0.15) is 17.7 Å². The van der Waals surface area contributed by atoms with Gasteiger partial charge in [-0.25, -0.2) is 9.37 Å². The molecule has 0 aliphatic heterocycles. The quantitative estimate of drug-likeness (QED) is 0.406. The predicted molar refractivity (Wildman–Crippen MR) is 117 cm³/mol. The summed E-state index contributed by atoms with van der Waals surface area (Å²) in [5.41, 5.74) is 2.62. The molecule has 4 rings (SSSR count). The van der Waals surface area contributed by atoms with Crippen LogP contribution in [0.3, 0.4) is 0 Å². The summed E-state index contributed by atoms with van der Waals surface area (Å²) in [5.74, 6) is 0.117. The molecule has 0 radical (unpaired) electrons. The summed E-state index contributed by atoms with van der Waals surface area (Å²) in [7, 11) is 4.10. The molecule has 0 amide bonds. The van der Waals surface area contributed by atoms with Gasteiger partial charge in [0.25, 0.3) is 0 Å². The van der Waals surface area contributed by atoms with E-state index in [0.717, 1.165) is 30.6 Å². The second-order valence-corrected chi connectivity index (χ2v) is 8.14. The molecule has 0 spiro atoms. The Kier molecular flexibility index (Phi) is 6.05. The zero-order valence-corrected chi connectivity index (χ0v) is 18.3. The number of fused-ring (bicyclic) bond motifs is 1. The molecule has 3 aromatic heterocycles. The molecule has 0 fully saturated rings. The first-order valence-electron chi connectivity index (χ1n) is 9.56. The van der Waals surface area contributed by atoms with E-state index >= 15 is 0 Å². The minimum atomic E-state index is -0.290. The van der Waals surface area contributed by atoms with E-state index in [2.05, 4.69) is 65.5 Å². The van der Waals surface area contributed by atoms with Gasteiger partial charge < -0.3 is 10.2 Å². The highest BCUT2D eigenvalue weighted by molar-refractivity contribution is 9.10. The number of rotatable bonds is 8. The molecule has 10 heteroatoms. The molecule has 0 atom stereocenters. The molecule has 0 saturated heterocycles. The molecular formula is C20H22BrFN8. The Morgan fingerprint density at radius 3 is 2.93 bits per heavy atom. The highest BCUT2D eigenvalue weighted by atomic mass is 79.9. The van der Waals surface area contributed by atoms with Crippen molar-refractivity contribution in [2.75, 3.05) is 26.0 Å². The maximum Gasteiger partial charge on any atom is 0.229 e. The monoisotopic (exact) mass is 472 g/mol. The lowest BCUT2D eigenvalue weighted by atomic mass is 10.1. The lowest BCUT2D eigenvalue weighted by Crippen LogP contribution is -2.15. The van der Waals surface area contributed by atoms with Crippen LogP contribution in [0.25, 0.3) is 11.0 Å². The first kappa shape index (κ1) is 20.4. The Morgan fingerprint density at radius 2 is 2.10 bits per heavy atom. The number of nitrogens with one attached hydrogen (secondary N) is 2. The minimum absolute atomic E-state index is 0.290. The van der Waals surface area contributed by atoms with Gasteiger partial charge in [-0.15, -0.1) is 0 Å². The molecule has 1 aromatic carbocycles. The van der Waals surface area contributed by atoms with E-state index in [9.17, 15) is 4.39 Å². The number of aromatic amines is 1.